The third-order valence-corrected chi connectivity index (χ3v) is 9.73. The Balaban J connectivity index is 1.19. The zero-order valence-electron chi connectivity index (χ0n) is 26.1. The standard InChI is InChI=1S/C36H32Cl2N4O6/c1-46-34-20(17-41-11-10-22(44)19-41)14-29(37)35(40-34)48-30-9-8-24-23(4-2-5-25(24)30)26-6-3-7-27(32(26)38)31-15-28-33(47-31)21(16-39)18-42(12-13-43)36(28)45/h2-7,14-15,18,22,30,43-44H,8-13,17,19H2,1H3/t22-,30+/m1/s1. The molecule has 0 saturated carbocycles. The summed E-state index contributed by atoms with van der Waals surface area (Å²) < 4.78 is 19.4. The van der Waals surface area contributed by atoms with Crippen molar-refractivity contribution in [2.24, 2.45) is 0 Å². The summed E-state index contributed by atoms with van der Waals surface area (Å²) in [7, 11) is 1.57. The third kappa shape index (κ3) is 5.82. The first-order valence-electron chi connectivity index (χ1n) is 15.7. The predicted octanol–water partition coefficient (Wildman–Crippen LogP) is 6.14. The fraction of sp³-hybridized carbons (Fsp3) is 0.306. The topological polar surface area (TPSA) is 134 Å². The minimum Gasteiger partial charge on any atom is -0.481 e. The molecule has 2 atom stereocenters. The van der Waals surface area contributed by atoms with Gasteiger partial charge in [-0.05, 0) is 54.2 Å². The van der Waals surface area contributed by atoms with Gasteiger partial charge < -0.3 is 28.7 Å². The molecule has 10 nitrogen and oxygen atoms in total. The SMILES string of the molecule is COc1nc(O[C@H]2CCc3c(-c4cccc(-c5cc6c(=O)n(CCO)cc(C#N)c6o5)c4Cl)cccc32)c(Cl)cc1CN1CC[C@@H](O)C1. The van der Waals surface area contributed by atoms with E-state index in [9.17, 15) is 20.3 Å². The zero-order chi connectivity index (χ0) is 33.5. The highest BCUT2D eigenvalue weighted by atomic mass is 35.5. The number of aliphatic hydroxyl groups excluding tert-OH is 2. The van der Waals surface area contributed by atoms with E-state index < -0.39 is 0 Å². The van der Waals surface area contributed by atoms with E-state index in [0.717, 1.165) is 47.2 Å². The van der Waals surface area contributed by atoms with Crippen LogP contribution in [0.4, 0.5) is 0 Å². The average molecular weight is 688 g/mol. The van der Waals surface area contributed by atoms with E-state index in [4.69, 9.17) is 37.1 Å². The van der Waals surface area contributed by atoms with Crippen molar-refractivity contribution in [2.75, 3.05) is 26.8 Å². The van der Waals surface area contributed by atoms with Crippen molar-refractivity contribution in [3.8, 4) is 40.3 Å². The molecule has 7 rings (SSSR count). The van der Waals surface area contributed by atoms with Crippen molar-refractivity contribution in [1.82, 2.24) is 14.5 Å². The van der Waals surface area contributed by atoms with Crippen molar-refractivity contribution in [1.29, 1.82) is 5.26 Å². The van der Waals surface area contributed by atoms with Gasteiger partial charge in [-0.15, -0.1) is 0 Å². The normalized spacial score (nSPS) is 17.5. The van der Waals surface area contributed by atoms with Gasteiger partial charge in [-0.1, -0.05) is 53.5 Å². The molecule has 246 valence electrons. The summed E-state index contributed by atoms with van der Waals surface area (Å²) in [5, 5.41) is 30.1. The number of furan rings is 1. The molecule has 0 bridgehead atoms. The van der Waals surface area contributed by atoms with Crippen LogP contribution in [0.5, 0.6) is 11.8 Å². The second-order valence-corrected chi connectivity index (χ2v) is 12.8. The molecule has 0 amide bonds. The molecule has 0 spiro atoms. The van der Waals surface area contributed by atoms with Gasteiger partial charge >= 0.3 is 0 Å². The highest BCUT2D eigenvalue weighted by molar-refractivity contribution is 6.36. The van der Waals surface area contributed by atoms with Crippen LogP contribution in [0.3, 0.4) is 0 Å². The lowest BCUT2D eigenvalue weighted by molar-refractivity contribution is 0.174. The number of ether oxygens (including phenoxy) is 2. The van der Waals surface area contributed by atoms with Crippen molar-refractivity contribution in [2.45, 2.75) is 44.6 Å². The Morgan fingerprint density at radius 2 is 1.90 bits per heavy atom. The molecule has 2 N–H and O–H groups in total. The highest BCUT2D eigenvalue weighted by Gasteiger charge is 2.30. The van der Waals surface area contributed by atoms with Crippen LogP contribution in [0, 0.1) is 11.3 Å². The van der Waals surface area contributed by atoms with Crippen LogP contribution in [0.2, 0.25) is 10.0 Å². The minimum atomic E-state index is -0.361. The molecule has 1 aliphatic carbocycles. The summed E-state index contributed by atoms with van der Waals surface area (Å²) in [6.07, 6.45) is 2.95. The molecule has 48 heavy (non-hydrogen) atoms. The number of rotatable bonds is 9. The van der Waals surface area contributed by atoms with Crippen molar-refractivity contribution >= 4 is 34.2 Å². The largest absolute Gasteiger partial charge is 0.481 e. The summed E-state index contributed by atoms with van der Waals surface area (Å²) >= 11 is 13.8. The molecule has 0 unspecified atom stereocenters. The number of hydrogen-bond donors (Lipinski definition) is 2. The molecule has 3 aromatic heterocycles. The fourth-order valence-electron chi connectivity index (χ4n) is 6.78. The predicted molar refractivity (Wildman–Crippen MR) is 182 cm³/mol. The van der Waals surface area contributed by atoms with Crippen molar-refractivity contribution < 1.29 is 24.1 Å². The molecule has 1 saturated heterocycles. The number of methoxy groups -OCH3 is 1. The summed E-state index contributed by atoms with van der Waals surface area (Å²) in [4.78, 5) is 19.8. The Morgan fingerprint density at radius 1 is 1.10 bits per heavy atom. The van der Waals surface area contributed by atoms with E-state index >= 15 is 0 Å². The molecule has 2 aromatic carbocycles. The number of hydrogen-bond acceptors (Lipinski definition) is 9. The molecular formula is C36H32Cl2N4O6. The fourth-order valence-corrected chi connectivity index (χ4v) is 7.32. The van der Waals surface area contributed by atoms with Gasteiger partial charge in [0.2, 0.25) is 11.8 Å². The number of halogens is 2. The Kier molecular flexibility index (Phi) is 8.90. The Bertz CT molecular complexity index is 2140. The van der Waals surface area contributed by atoms with Gasteiger partial charge in [0.05, 0.1) is 30.2 Å². The zero-order valence-corrected chi connectivity index (χ0v) is 27.6. The van der Waals surface area contributed by atoms with Gasteiger partial charge in [0.15, 0.2) is 5.58 Å². The van der Waals surface area contributed by atoms with Gasteiger partial charge in [-0.2, -0.15) is 10.2 Å². The number of likely N-dealkylation sites (tertiary alicyclic amines) is 1. The van der Waals surface area contributed by atoms with Crippen LogP contribution >= 0.6 is 23.2 Å². The van der Waals surface area contributed by atoms with Crippen LogP contribution < -0.4 is 15.0 Å². The lowest BCUT2D eigenvalue weighted by Gasteiger charge is -2.20. The van der Waals surface area contributed by atoms with E-state index in [1.165, 1.54) is 10.8 Å². The van der Waals surface area contributed by atoms with Gasteiger partial charge in [0.1, 0.15) is 28.5 Å². The monoisotopic (exact) mass is 686 g/mol. The second kappa shape index (κ2) is 13.3. The van der Waals surface area contributed by atoms with Gasteiger partial charge in [0, 0.05) is 49.1 Å². The maximum atomic E-state index is 13.1. The number of nitrogens with zero attached hydrogens (tertiary/aromatic N) is 4. The van der Waals surface area contributed by atoms with Crippen molar-refractivity contribution in [3.05, 3.63) is 97.4 Å². The molecule has 1 fully saturated rings. The van der Waals surface area contributed by atoms with Crippen LogP contribution in [0.15, 0.2) is 63.9 Å². The number of benzene rings is 2. The third-order valence-electron chi connectivity index (χ3n) is 9.06. The number of nitriles is 1. The average Bonchev–Trinajstić information content (AvgIpc) is 3.83. The number of aliphatic hydroxyl groups is 2. The number of aromatic nitrogens is 2. The Labute approximate surface area is 286 Å². The highest BCUT2D eigenvalue weighted by Crippen LogP contribution is 2.45. The van der Waals surface area contributed by atoms with E-state index in [-0.39, 0.29) is 47.5 Å². The summed E-state index contributed by atoms with van der Waals surface area (Å²) in [6.45, 7) is 1.78. The van der Waals surface area contributed by atoms with Crippen LogP contribution in [-0.4, -0.2) is 57.6 Å². The van der Waals surface area contributed by atoms with Gasteiger partial charge in [-0.25, -0.2) is 0 Å². The summed E-state index contributed by atoms with van der Waals surface area (Å²) in [5.41, 5.74) is 5.26. The van der Waals surface area contributed by atoms with Gasteiger partial charge in [0.25, 0.3) is 5.56 Å². The Morgan fingerprint density at radius 3 is 2.65 bits per heavy atom. The van der Waals surface area contributed by atoms with E-state index in [2.05, 4.69) is 16.0 Å². The maximum absolute atomic E-state index is 13.1. The van der Waals surface area contributed by atoms with Crippen LogP contribution in [0.25, 0.3) is 33.4 Å². The lowest BCUT2D eigenvalue weighted by Crippen LogP contribution is -2.22. The molecule has 1 aliphatic heterocycles. The van der Waals surface area contributed by atoms with Crippen LogP contribution in [0.1, 0.15) is 41.2 Å². The molecular weight excluding hydrogens is 655 g/mol. The first-order chi connectivity index (χ1) is 23.3. The Hall–Kier alpha value is -4.37. The first kappa shape index (κ1) is 32.2. The molecule has 2 aliphatic rings. The van der Waals surface area contributed by atoms with E-state index in [0.29, 0.717) is 52.6 Å². The smallest absolute Gasteiger partial charge is 0.261 e. The van der Waals surface area contributed by atoms with E-state index in [1.807, 2.05) is 42.5 Å². The quantitative estimate of drug-likeness (QED) is 0.188. The number of β-amino-alcohol motifs (C(OH)–C–C–N with tert-alkyl or cyclic N) is 1. The summed E-state index contributed by atoms with van der Waals surface area (Å²) in [5.74, 6) is 1.09. The lowest BCUT2D eigenvalue weighted by atomic mass is 9.95. The van der Waals surface area contributed by atoms with E-state index in [1.54, 1.807) is 13.2 Å². The number of fused-ring (bicyclic) bond motifs is 2. The molecule has 12 heteroatoms. The molecule has 5 aromatic rings. The van der Waals surface area contributed by atoms with Crippen molar-refractivity contribution in [3.63, 3.8) is 0 Å². The second-order valence-electron chi connectivity index (χ2n) is 12.0. The number of pyridine rings is 2. The minimum absolute atomic E-state index is 0.0651. The molecule has 0 radical (unpaired) electrons. The maximum Gasteiger partial charge on any atom is 0.261 e. The summed E-state index contributed by atoms with van der Waals surface area (Å²) in [6, 6.07) is 17.1. The van der Waals surface area contributed by atoms with Gasteiger partial charge in [-0.3, -0.25) is 9.69 Å². The first-order valence-corrected chi connectivity index (χ1v) is 16.4. The molecule has 4 heterocycles. The van der Waals surface area contributed by atoms with Crippen LogP contribution in [-0.2, 0) is 19.5 Å².